The fourth-order valence-corrected chi connectivity index (χ4v) is 4.58. The number of aromatic nitrogens is 2. The van der Waals surface area contributed by atoms with Crippen molar-refractivity contribution < 1.29 is 8.42 Å². The lowest BCUT2D eigenvalue weighted by atomic mass is 9.96. The van der Waals surface area contributed by atoms with Gasteiger partial charge in [0, 0.05) is 37.3 Å². The number of benzene rings is 1. The Kier molecular flexibility index (Phi) is 5.22. The molecule has 1 aliphatic heterocycles. The molecule has 7 nitrogen and oxygen atoms in total. The fraction of sp³-hybridized carbons (Fsp3) is 0.556. The fourth-order valence-electron chi connectivity index (χ4n) is 3.15. The molecule has 1 saturated heterocycles. The molecule has 0 amide bonds. The van der Waals surface area contributed by atoms with E-state index in [2.05, 4.69) is 27.1 Å². The van der Waals surface area contributed by atoms with Crippen LogP contribution < -0.4 is 5.32 Å². The van der Waals surface area contributed by atoms with Gasteiger partial charge in [-0.2, -0.15) is 0 Å². The van der Waals surface area contributed by atoms with Crippen molar-refractivity contribution in [2.24, 2.45) is 0 Å². The van der Waals surface area contributed by atoms with Crippen molar-refractivity contribution >= 4 is 44.1 Å². The van der Waals surface area contributed by atoms with Crippen molar-refractivity contribution in [3.8, 4) is 0 Å². The van der Waals surface area contributed by atoms with Gasteiger partial charge in [0.2, 0.25) is 10.0 Å². The Morgan fingerprint density at radius 2 is 1.81 bits per heavy atom. The van der Waals surface area contributed by atoms with Crippen LogP contribution in [0.3, 0.4) is 0 Å². The molecule has 0 saturated carbocycles. The lowest BCUT2D eigenvalue weighted by Gasteiger charge is -2.34. The maximum Gasteiger partial charge on any atom is 0.237 e. The molecule has 0 radical (unpaired) electrons. The van der Waals surface area contributed by atoms with Gasteiger partial charge in [-0.1, -0.05) is 20.8 Å². The number of hydrogen-bond donors (Lipinski definition) is 1. The van der Waals surface area contributed by atoms with Crippen LogP contribution in [-0.2, 0) is 15.4 Å². The Labute approximate surface area is 166 Å². The van der Waals surface area contributed by atoms with Crippen LogP contribution in [0.2, 0.25) is 0 Å². The first-order valence-electron chi connectivity index (χ1n) is 8.95. The van der Waals surface area contributed by atoms with Gasteiger partial charge >= 0.3 is 0 Å². The molecule has 1 aromatic carbocycles. The van der Waals surface area contributed by atoms with E-state index in [9.17, 15) is 8.42 Å². The normalized spacial score (nSPS) is 16.7. The van der Waals surface area contributed by atoms with Crippen LogP contribution in [0.1, 0.15) is 26.6 Å². The SMILES string of the molecule is CN1CCN(C(=S)Nc2ccc3nc(C(C)(C)C)n(S(C)(=O)=O)c3c2)CC1. The first kappa shape index (κ1) is 20.0. The largest absolute Gasteiger partial charge is 0.346 e. The van der Waals surface area contributed by atoms with E-state index in [-0.39, 0.29) is 0 Å². The van der Waals surface area contributed by atoms with Gasteiger partial charge in [-0.05, 0) is 37.5 Å². The van der Waals surface area contributed by atoms with Crippen molar-refractivity contribution in [2.75, 3.05) is 44.8 Å². The highest BCUT2D eigenvalue weighted by Crippen LogP contribution is 2.29. The molecule has 27 heavy (non-hydrogen) atoms. The number of rotatable bonds is 2. The van der Waals surface area contributed by atoms with Crippen molar-refractivity contribution in [3.05, 3.63) is 24.0 Å². The van der Waals surface area contributed by atoms with Crippen LogP contribution in [-0.4, -0.2) is 71.8 Å². The monoisotopic (exact) mass is 409 g/mol. The van der Waals surface area contributed by atoms with E-state index >= 15 is 0 Å². The quantitative estimate of drug-likeness (QED) is 0.762. The zero-order valence-corrected chi connectivity index (χ0v) is 18.1. The van der Waals surface area contributed by atoms with E-state index < -0.39 is 15.4 Å². The second-order valence-electron chi connectivity index (χ2n) is 8.14. The average molecular weight is 410 g/mol. The molecule has 1 fully saturated rings. The van der Waals surface area contributed by atoms with Gasteiger partial charge in [-0.3, -0.25) is 0 Å². The number of nitrogens with zero attached hydrogens (tertiary/aromatic N) is 4. The Balaban J connectivity index is 1.96. The van der Waals surface area contributed by atoms with Gasteiger partial charge in [0.15, 0.2) is 5.11 Å². The Hall–Kier alpha value is -1.71. The second kappa shape index (κ2) is 7.03. The van der Waals surface area contributed by atoms with Crippen LogP contribution in [0, 0.1) is 0 Å². The van der Waals surface area contributed by atoms with Gasteiger partial charge < -0.3 is 15.1 Å². The van der Waals surface area contributed by atoms with Crippen LogP contribution in [0.15, 0.2) is 18.2 Å². The first-order valence-corrected chi connectivity index (χ1v) is 11.2. The third-order valence-electron chi connectivity index (χ3n) is 4.66. The van der Waals surface area contributed by atoms with Gasteiger partial charge in [0.25, 0.3) is 0 Å². The lowest BCUT2D eigenvalue weighted by molar-refractivity contribution is 0.217. The summed E-state index contributed by atoms with van der Waals surface area (Å²) in [7, 11) is -1.40. The van der Waals surface area contributed by atoms with E-state index in [0.717, 1.165) is 31.9 Å². The predicted octanol–water partition coefficient (Wildman–Crippen LogP) is 2.09. The zero-order valence-electron chi connectivity index (χ0n) is 16.5. The molecule has 0 unspecified atom stereocenters. The Morgan fingerprint density at radius 1 is 1.19 bits per heavy atom. The molecule has 148 valence electrons. The number of imidazole rings is 1. The summed E-state index contributed by atoms with van der Waals surface area (Å²) in [5.74, 6) is 0.527. The minimum Gasteiger partial charge on any atom is -0.346 e. The Morgan fingerprint density at radius 3 is 2.37 bits per heavy atom. The minimum absolute atomic E-state index is 0.398. The number of fused-ring (bicyclic) bond motifs is 1. The predicted molar refractivity (Wildman–Crippen MR) is 114 cm³/mol. The summed E-state index contributed by atoms with van der Waals surface area (Å²) in [5.41, 5.74) is 1.58. The molecule has 1 aromatic heterocycles. The summed E-state index contributed by atoms with van der Waals surface area (Å²) >= 11 is 5.54. The van der Waals surface area contributed by atoms with Crippen LogP contribution >= 0.6 is 12.2 Å². The number of anilines is 1. The molecular formula is C18H27N5O2S2. The standard InChI is InChI=1S/C18H27N5O2S2/c1-18(2,3)16-20-14-7-6-13(12-15(14)23(16)27(5,24)25)19-17(26)22-10-8-21(4)9-11-22/h6-7,12H,8-11H2,1-5H3,(H,19,26). The summed E-state index contributed by atoms with van der Waals surface area (Å²) in [5, 5.41) is 3.90. The van der Waals surface area contributed by atoms with Gasteiger partial charge in [0.05, 0.1) is 17.3 Å². The van der Waals surface area contributed by atoms with Crippen molar-refractivity contribution in [1.82, 2.24) is 18.8 Å². The Bertz CT molecular complexity index is 968. The third-order valence-corrected chi connectivity index (χ3v) is 6.05. The molecule has 1 aliphatic rings. The van der Waals surface area contributed by atoms with E-state index in [1.54, 1.807) is 6.07 Å². The molecule has 2 aromatic rings. The van der Waals surface area contributed by atoms with Crippen LogP contribution in [0.5, 0.6) is 0 Å². The van der Waals surface area contributed by atoms with Crippen molar-refractivity contribution in [1.29, 1.82) is 0 Å². The number of hydrogen-bond acceptors (Lipinski definition) is 5. The first-order chi connectivity index (χ1) is 12.5. The molecule has 0 spiro atoms. The summed E-state index contributed by atoms with van der Waals surface area (Å²) in [6.07, 6.45) is 1.21. The summed E-state index contributed by atoms with van der Waals surface area (Å²) in [6, 6.07) is 5.53. The summed E-state index contributed by atoms with van der Waals surface area (Å²) in [6.45, 7) is 9.56. The number of nitrogens with one attached hydrogen (secondary N) is 1. The highest BCUT2D eigenvalue weighted by molar-refractivity contribution is 7.89. The molecule has 2 heterocycles. The van der Waals surface area contributed by atoms with Gasteiger partial charge in [-0.25, -0.2) is 17.4 Å². The van der Waals surface area contributed by atoms with E-state index in [1.807, 2.05) is 32.9 Å². The maximum atomic E-state index is 12.5. The van der Waals surface area contributed by atoms with Crippen LogP contribution in [0.25, 0.3) is 11.0 Å². The number of thiocarbonyl (C=S) groups is 1. The molecular weight excluding hydrogens is 382 g/mol. The van der Waals surface area contributed by atoms with E-state index in [4.69, 9.17) is 12.2 Å². The van der Waals surface area contributed by atoms with E-state index in [0.29, 0.717) is 22.0 Å². The minimum atomic E-state index is -3.49. The maximum absolute atomic E-state index is 12.5. The van der Waals surface area contributed by atoms with Gasteiger partial charge in [0.1, 0.15) is 5.82 Å². The molecule has 3 rings (SSSR count). The second-order valence-corrected chi connectivity index (χ2v) is 10.4. The van der Waals surface area contributed by atoms with Crippen molar-refractivity contribution in [3.63, 3.8) is 0 Å². The molecule has 0 aliphatic carbocycles. The smallest absolute Gasteiger partial charge is 0.237 e. The number of piperazine rings is 1. The molecule has 9 heteroatoms. The van der Waals surface area contributed by atoms with Gasteiger partial charge in [-0.15, -0.1) is 0 Å². The zero-order chi connectivity index (χ0) is 20.0. The highest BCUT2D eigenvalue weighted by atomic mass is 32.2. The number of likely N-dealkylation sites (N-methyl/N-ethyl adjacent to an activating group) is 1. The highest BCUT2D eigenvalue weighted by Gasteiger charge is 2.27. The summed E-state index contributed by atoms with van der Waals surface area (Å²) < 4.78 is 26.2. The molecule has 0 atom stereocenters. The topological polar surface area (TPSA) is 70.5 Å². The van der Waals surface area contributed by atoms with Crippen LogP contribution in [0.4, 0.5) is 5.69 Å². The van der Waals surface area contributed by atoms with E-state index in [1.165, 1.54) is 10.2 Å². The average Bonchev–Trinajstić information content (AvgIpc) is 2.94. The molecule has 1 N–H and O–H groups in total. The summed E-state index contributed by atoms with van der Waals surface area (Å²) in [4.78, 5) is 8.98. The van der Waals surface area contributed by atoms with Crippen molar-refractivity contribution in [2.45, 2.75) is 26.2 Å². The molecule has 0 bridgehead atoms. The lowest BCUT2D eigenvalue weighted by Crippen LogP contribution is -2.48. The third kappa shape index (κ3) is 4.25.